The maximum absolute atomic E-state index is 11.5. The second-order valence-electron chi connectivity index (χ2n) is 4.08. The standard InChI is InChI=1S/C15H16N2O3/c1-19-14-12(15(18)20-2)8-9-13(17-14)16-10-11-6-4-3-5-7-11/h3-9H,10H2,1-2H3,(H,16,17). The van der Waals surface area contributed by atoms with Crippen molar-refractivity contribution in [1.82, 2.24) is 4.98 Å². The molecule has 0 saturated carbocycles. The first-order valence-corrected chi connectivity index (χ1v) is 6.15. The number of pyridine rings is 1. The molecule has 1 N–H and O–H groups in total. The third-order valence-electron chi connectivity index (χ3n) is 2.78. The van der Waals surface area contributed by atoms with Crippen LogP contribution in [0.15, 0.2) is 42.5 Å². The van der Waals surface area contributed by atoms with Crippen molar-refractivity contribution in [3.05, 3.63) is 53.6 Å². The van der Waals surface area contributed by atoms with Crippen LogP contribution in [0.2, 0.25) is 0 Å². The van der Waals surface area contributed by atoms with Gasteiger partial charge in [-0.3, -0.25) is 0 Å². The number of nitrogens with zero attached hydrogens (tertiary/aromatic N) is 1. The number of anilines is 1. The highest BCUT2D eigenvalue weighted by atomic mass is 16.5. The molecule has 0 atom stereocenters. The topological polar surface area (TPSA) is 60.5 Å². The second-order valence-corrected chi connectivity index (χ2v) is 4.08. The zero-order valence-electron chi connectivity index (χ0n) is 11.4. The van der Waals surface area contributed by atoms with Gasteiger partial charge in [0.05, 0.1) is 14.2 Å². The highest BCUT2D eigenvalue weighted by Crippen LogP contribution is 2.19. The molecule has 104 valence electrons. The van der Waals surface area contributed by atoms with E-state index in [2.05, 4.69) is 15.0 Å². The SMILES string of the molecule is COC(=O)c1ccc(NCc2ccccc2)nc1OC. The van der Waals surface area contributed by atoms with Gasteiger partial charge >= 0.3 is 5.97 Å². The zero-order chi connectivity index (χ0) is 14.4. The fourth-order valence-corrected chi connectivity index (χ4v) is 1.75. The lowest BCUT2D eigenvalue weighted by atomic mass is 10.2. The molecule has 2 aromatic rings. The van der Waals surface area contributed by atoms with Gasteiger partial charge in [0.1, 0.15) is 11.4 Å². The lowest BCUT2D eigenvalue weighted by Crippen LogP contribution is -2.08. The average molecular weight is 272 g/mol. The second kappa shape index (κ2) is 6.56. The average Bonchev–Trinajstić information content (AvgIpc) is 2.52. The van der Waals surface area contributed by atoms with Crippen LogP contribution < -0.4 is 10.1 Å². The Labute approximate surface area is 117 Å². The lowest BCUT2D eigenvalue weighted by molar-refractivity contribution is 0.0596. The Hall–Kier alpha value is -2.56. The van der Waals surface area contributed by atoms with E-state index in [1.165, 1.54) is 14.2 Å². The van der Waals surface area contributed by atoms with E-state index in [4.69, 9.17) is 4.74 Å². The van der Waals surface area contributed by atoms with E-state index in [1.807, 2.05) is 30.3 Å². The van der Waals surface area contributed by atoms with E-state index in [1.54, 1.807) is 12.1 Å². The molecule has 1 aromatic carbocycles. The van der Waals surface area contributed by atoms with Crippen LogP contribution in [0.1, 0.15) is 15.9 Å². The predicted octanol–water partition coefficient (Wildman–Crippen LogP) is 2.49. The summed E-state index contributed by atoms with van der Waals surface area (Å²) in [5.74, 6) is 0.414. The number of methoxy groups -OCH3 is 2. The molecule has 0 aliphatic rings. The van der Waals surface area contributed by atoms with Crippen molar-refractivity contribution in [3.8, 4) is 5.88 Å². The van der Waals surface area contributed by atoms with Crippen molar-refractivity contribution in [2.75, 3.05) is 19.5 Å². The summed E-state index contributed by atoms with van der Waals surface area (Å²) in [7, 11) is 2.79. The molecule has 0 saturated heterocycles. The van der Waals surface area contributed by atoms with E-state index in [-0.39, 0.29) is 5.88 Å². The largest absolute Gasteiger partial charge is 0.480 e. The fraction of sp³-hybridized carbons (Fsp3) is 0.200. The minimum atomic E-state index is -0.469. The first-order valence-electron chi connectivity index (χ1n) is 6.15. The van der Waals surface area contributed by atoms with Crippen molar-refractivity contribution in [2.45, 2.75) is 6.54 Å². The van der Waals surface area contributed by atoms with Crippen LogP contribution in [0, 0.1) is 0 Å². The van der Waals surface area contributed by atoms with Gasteiger partial charge in [-0.2, -0.15) is 4.98 Å². The maximum Gasteiger partial charge on any atom is 0.343 e. The number of esters is 1. The normalized spacial score (nSPS) is 9.90. The van der Waals surface area contributed by atoms with Crippen LogP contribution in [0.3, 0.4) is 0 Å². The van der Waals surface area contributed by atoms with Crippen molar-refractivity contribution >= 4 is 11.8 Å². The Morgan fingerprint density at radius 3 is 2.55 bits per heavy atom. The minimum Gasteiger partial charge on any atom is -0.480 e. The van der Waals surface area contributed by atoms with E-state index in [9.17, 15) is 4.79 Å². The van der Waals surface area contributed by atoms with E-state index >= 15 is 0 Å². The third kappa shape index (κ3) is 3.26. The van der Waals surface area contributed by atoms with Gasteiger partial charge < -0.3 is 14.8 Å². The molecule has 2 rings (SSSR count). The van der Waals surface area contributed by atoms with E-state index in [0.29, 0.717) is 17.9 Å². The Kier molecular flexibility index (Phi) is 4.55. The number of aromatic nitrogens is 1. The Balaban J connectivity index is 2.12. The lowest BCUT2D eigenvalue weighted by Gasteiger charge is -2.10. The highest BCUT2D eigenvalue weighted by molar-refractivity contribution is 5.92. The van der Waals surface area contributed by atoms with Crippen molar-refractivity contribution in [1.29, 1.82) is 0 Å². The third-order valence-corrected chi connectivity index (χ3v) is 2.78. The van der Waals surface area contributed by atoms with Gasteiger partial charge in [-0.1, -0.05) is 30.3 Å². The monoisotopic (exact) mass is 272 g/mol. The molecule has 1 aromatic heterocycles. The van der Waals surface area contributed by atoms with Crippen LogP contribution in [0.25, 0.3) is 0 Å². The summed E-state index contributed by atoms with van der Waals surface area (Å²) in [5.41, 5.74) is 1.45. The number of carbonyl (C=O) groups is 1. The fourth-order valence-electron chi connectivity index (χ4n) is 1.75. The number of hydrogen-bond acceptors (Lipinski definition) is 5. The van der Waals surface area contributed by atoms with Crippen LogP contribution in [-0.2, 0) is 11.3 Å². The molecular formula is C15H16N2O3. The van der Waals surface area contributed by atoms with Gasteiger partial charge in [0.25, 0.3) is 0 Å². The molecule has 0 aliphatic heterocycles. The molecule has 0 radical (unpaired) electrons. The van der Waals surface area contributed by atoms with Gasteiger partial charge in [0.2, 0.25) is 5.88 Å². The summed E-state index contributed by atoms with van der Waals surface area (Å²) in [5, 5.41) is 3.18. The quantitative estimate of drug-likeness (QED) is 0.847. The summed E-state index contributed by atoms with van der Waals surface area (Å²) < 4.78 is 9.78. The maximum atomic E-state index is 11.5. The smallest absolute Gasteiger partial charge is 0.343 e. The van der Waals surface area contributed by atoms with Crippen molar-refractivity contribution in [2.24, 2.45) is 0 Å². The molecule has 0 unspecified atom stereocenters. The number of nitrogens with one attached hydrogen (secondary N) is 1. The molecular weight excluding hydrogens is 256 g/mol. The summed E-state index contributed by atoms with van der Waals surface area (Å²) in [6.45, 7) is 0.647. The van der Waals surface area contributed by atoms with Gasteiger partial charge in [-0.05, 0) is 17.7 Å². The van der Waals surface area contributed by atoms with Gasteiger partial charge in [-0.25, -0.2) is 4.79 Å². The zero-order valence-corrected chi connectivity index (χ0v) is 11.4. The first kappa shape index (κ1) is 13.9. The highest BCUT2D eigenvalue weighted by Gasteiger charge is 2.14. The minimum absolute atomic E-state index is 0.245. The van der Waals surface area contributed by atoms with Crippen molar-refractivity contribution in [3.63, 3.8) is 0 Å². The predicted molar refractivity (Wildman–Crippen MR) is 75.9 cm³/mol. The molecule has 1 heterocycles. The molecule has 5 heteroatoms. The van der Waals surface area contributed by atoms with E-state index < -0.39 is 5.97 Å². The van der Waals surface area contributed by atoms with E-state index in [0.717, 1.165) is 5.56 Å². The first-order chi connectivity index (χ1) is 9.74. The summed E-state index contributed by atoms with van der Waals surface area (Å²) in [4.78, 5) is 15.8. The Morgan fingerprint density at radius 1 is 1.15 bits per heavy atom. The van der Waals surface area contributed by atoms with Crippen LogP contribution in [0.4, 0.5) is 5.82 Å². The van der Waals surface area contributed by atoms with Crippen LogP contribution in [-0.4, -0.2) is 25.2 Å². The summed E-state index contributed by atoms with van der Waals surface area (Å²) in [6, 6.07) is 13.3. The van der Waals surface area contributed by atoms with Crippen LogP contribution >= 0.6 is 0 Å². The summed E-state index contributed by atoms with van der Waals surface area (Å²) in [6.07, 6.45) is 0. The molecule has 20 heavy (non-hydrogen) atoms. The molecule has 0 bridgehead atoms. The number of hydrogen-bond donors (Lipinski definition) is 1. The number of benzene rings is 1. The molecule has 0 aliphatic carbocycles. The molecule has 0 spiro atoms. The number of ether oxygens (including phenoxy) is 2. The molecule has 5 nitrogen and oxygen atoms in total. The number of rotatable bonds is 5. The Morgan fingerprint density at radius 2 is 1.90 bits per heavy atom. The van der Waals surface area contributed by atoms with Crippen molar-refractivity contribution < 1.29 is 14.3 Å². The summed E-state index contributed by atoms with van der Waals surface area (Å²) >= 11 is 0. The Bertz CT molecular complexity index is 585. The molecule has 0 amide bonds. The van der Waals surface area contributed by atoms with Crippen LogP contribution in [0.5, 0.6) is 5.88 Å². The molecule has 0 fully saturated rings. The van der Waals surface area contributed by atoms with Gasteiger partial charge in [0.15, 0.2) is 0 Å². The van der Waals surface area contributed by atoms with Gasteiger partial charge in [0, 0.05) is 6.54 Å². The van der Waals surface area contributed by atoms with Gasteiger partial charge in [-0.15, -0.1) is 0 Å². The number of carbonyl (C=O) groups excluding carboxylic acids is 1.